The zero-order valence-electron chi connectivity index (χ0n) is 10.4. The Morgan fingerprint density at radius 1 is 1.25 bits per heavy atom. The molecule has 0 N–H and O–H groups in total. The van der Waals surface area contributed by atoms with Crippen LogP contribution in [0.2, 0.25) is 0 Å². The molecule has 0 atom stereocenters. The Balaban J connectivity index is 2.32. The van der Waals surface area contributed by atoms with Gasteiger partial charge in [0.05, 0.1) is 0 Å². The van der Waals surface area contributed by atoms with Crippen LogP contribution >= 0.6 is 0 Å². The molecule has 5 nitrogen and oxygen atoms in total. The Labute approximate surface area is 111 Å². The van der Waals surface area contributed by atoms with Gasteiger partial charge in [0.2, 0.25) is 5.82 Å². The highest BCUT2D eigenvalue weighted by Gasteiger charge is 2.38. The maximum absolute atomic E-state index is 12.6. The van der Waals surface area contributed by atoms with Crippen molar-refractivity contribution in [3.63, 3.8) is 0 Å². The molecule has 1 heterocycles. The van der Waals surface area contributed by atoms with Crippen LogP contribution in [0.5, 0.6) is 0 Å². The molecular weight excluding hydrogens is 275 g/mol. The van der Waals surface area contributed by atoms with E-state index in [4.69, 9.17) is 0 Å². The molecule has 0 radical (unpaired) electrons. The van der Waals surface area contributed by atoms with Crippen molar-refractivity contribution in [1.82, 2.24) is 14.3 Å². The van der Waals surface area contributed by atoms with Crippen molar-refractivity contribution < 1.29 is 18.0 Å². The highest BCUT2D eigenvalue weighted by molar-refractivity contribution is 5.95. The number of carbonyl (C=O) groups is 1. The molecule has 0 spiro atoms. The molecule has 0 fully saturated rings. The van der Waals surface area contributed by atoms with E-state index in [-0.39, 0.29) is 0 Å². The Morgan fingerprint density at radius 2 is 1.85 bits per heavy atom. The molecule has 2 aromatic rings. The first kappa shape index (κ1) is 14.0. The Hall–Kier alpha value is -2.38. The number of benzene rings is 1. The summed E-state index contributed by atoms with van der Waals surface area (Å²) >= 11 is 0. The van der Waals surface area contributed by atoms with E-state index in [1.807, 2.05) is 0 Å². The largest absolute Gasteiger partial charge is 0.451 e. The fraction of sp³-hybridized carbons (Fsp3) is 0.250. The van der Waals surface area contributed by atoms with Gasteiger partial charge >= 0.3 is 11.9 Å². The summed E-state index contributed by atoms with van der Waals surface area (Å²) in [6.07, 6.45) is -4.74. The molecule has 1 aromatic heterocycles. The smallest absolute Gasteiger partial charge is 0.292 e. The maximum Gasteiger partial charge on any atom is 0.451 e. The van der Waals surface area contributed by atoms with Crippen molar-refractivity contribution in [3.05, 3.63) is 52.2 Å². The van der Waals surface area contributed by atoms with Gasteiger partial charge in [0.25, 0.3) is 0 Å². The van der Waals surface area contributed by atoms with E-state index in [0.717, 1.165) is 7.05 Å². The summed E-state index contributed by atoms with van der Waals surface area (Å²) in [5.41, 5.74) is -0.680. The Bertz CT molecular complexity index is 686. The lowest BCUT2D eigenvalue weighted by Crippen LogP contribution is -2.27. The van der Waals surface area contributed by atoms with E-state index in [0.29, 0.717) is 14.8 Å². The third-order valence-electron chi connectivity index (χ3n) is 2.68. The molecule has 8 heteroatoms. The lowest BCUT2D eigenvalue weighted by Gasteiger charge is -2.02. The Morgan fingerprint density at radius 3 is 2.35 bits per heavy atom. The van der Waals surface area contributed by atoms with Crippen molar-refractivity contribution in [2.24, 2.45) is 7.05 Å². The van der Waals surface area contributed by atoms with Crippen LogP contribution in [-0.4, -0.2) is 20.1 Å². The molecule has 0 bridgehead atoms. The molecule has 0 aliphatic rings. The van der Waals surface area contributed by atoms with E-state index in [1.165, 1.54) is 12.1 Å². The maximum atomic E-state index is 12.6. The number of alkyl halides is 3. The van der Waals surface area contributed by atoms with E-state index < -0.39 is 30.0 Å². The van der Waals surface area contributed by atoms with E-state index in [9.17, 15) is 22.8 Å². The second-order valence-corrected chi connectivity index (χ2v) is 4.11. The number of aromatic nitrogens is 3. The van der Waals surface area contributed by atoms with Crippen LogP contribution < -0.4 is 5.69 Å². The molecule has 0 amide bonds. The van der Waals surface area contributed by atoms with Crippen LogP contribution in [0.4, 0.5) is 13.2 Å². The van der Waals surface area contributed by atoms with E-state index >= 15 is 0 Å². The molecule has 20 heavy (non-hydrogen) atoms. The number of Topliss-reactive ketones (excluding diaryl/α,β-unsaturated/α-hetero) is 1. The van der Waals surface area contributed by atoms with Gasteiger partial charge in [-0.15, -0.1) is 5.10 Å². The topological polar surface area (TPSA) is 56.9 Å². The lowest BCUT2D eigenvalue weighted by molar-refractivity contribution is -0.147. The van der Waals surface area contributed by atoms with Crippen molar-refractivity contribution in [2.75, 3.05) is 0 Å². The first-order valence-corrected chi connectivity index (χ1v) is 5.60. The van der Waals surface area contributed by atoms with Crippen molar-refractivity contribution >= 4 is 5.78 Å². The summed E-state index contributed by atoms with van der Waals surface area (Å²) in [5.74, 6) is -1.82. The summed E-state index contributed by atoms with van der Waals surface area (Å²) in [6.45, 7) is -0.535. The van der Waals surface area contributed by atoms with Gasteiger partial charge in [-0.25, -0.2) is 9.48 Å². The van der Waals surface area contributed by atoms with Crippen LogP contribution in [0.3, 0.4) is 0 Å². The summed E-state index contributed by atoms with van der Waals surface area (Å²) in [4.78, 5) is 23.5. The van der Waals surface area contributed by atoms with Crippen LogP contribution in [0.15, 0.2) is 35.1 Å². The number of hydrogen-bond acceptors (Lipinski definition) is 3. The monoisotopic (exact) mass is 285 g/mol. The molecule has 0 aliphatic heterocycles. The average molecular weight is 285 g/mol. The third-order valence-corrected chi connectivity index (χ3v) is 2.68. The molecule has 0 saturated heterocycles. The summed E-state index contributed by atoms with van der Waals surface area (Å²) < 4.78 is 38.6. The number of rotatable bonds is 3. The molecule has 106 valence electrons. The van der Waals surface area contributed by atoms with E-state index in [1.54, 1.807) is 18.2 Å². The van der Waals surface area contributed by atoms with Gasteiger partial charge in [-0.1, -0.05) is 30.3 Å². The SMILES string of the molecule is Cn1c(C(F)(F)F)nn(CC(=O)c2ccccc2)c1=O. The number of hydrogen-bond donors (Lipinski definition) is 0. The van der Waals surface area contributed by atoms with E-state index in [2.05, 4.69) is 5.10 Å². The summed E-state index contributed by atoms with van der Waals surface area (Å²) in [5, 5.41) is 3.17. The zero-order chi connectivity index (χ0) is 14.9. The van der Waals surface area contributed by atoms with Crippen molar-refractivity contribution in [3.8, 4) is 0 Å². The fourth-order valence-corrected chi connectivity index (χ4v) is 1.69. The number of carbonyl (C=O) groups excluding carboxylic acids is 1. The number of ketones is 1. The first-order valence-electron chi connectivity index (χ1n) is 5.60. The predicted molar refractivity (Wildman–Crippen MR) is 63.2 cm³/mol. The fourth-order valence-electron chi connectivity index (χ4n) is 1.69. The van der Waals surface area contributed by atoms with Crippen molar-refractivity contribution in [1.29, 1.82) is 0 Å². The molecule has 2 rings (SSSR count). The lowest BCUT2D eigenvalue weighted by atomic mass is 10.1. The second kappa shape index (κ2) is 4.95. The molecule has 0 saturated carbocycles. The highest BCUT2D eigenvalue weighted by Crippen LogP contribution is 2.25. The average Bonchev–Trinajstić information content (AvgIpc) is 2.68. The number of nitrogens with zero attached hydrogens (tertiary/aromatic N) is 3. The van der Waals surface area contributed by atoms with Gasteiger partial charge in [0.1, 0.15) is 6.54 Å². The van der Waals surface area contributed by atoms with Gasteiger partial charge in [0.15, 0.2) is 5.78 Å². The quantitative estimate of drug-likeness (QED) is 0.803. The highest BCUT2D eigenvalue weighted by atomic mass is 19.4. The van der Waals surface area contributed by atoms with Crippen LogP contribution in [-0.2, 0) is 19.8 Å². The van der Waals surface area contributed by atoms with Gasteiger partial charge in [0, 0.05) is 12.6 Å². The molecule has 0 aliphatic carbocycles. The van der Waals surface area contributed by atoms with Crippen LogP contribution in [0, 0.1) is 0 Å². The van der Waals surface area contributed by atoms with Gasteiger partial charge in [-0.05, 0) is 0 Å². The third kappa shape index (κ3) is 2.63. The normalized spacial score (nSPS) is 11.6. The minimum absolute atomic E-state index is 0.304. The molecule has 0 unspecified atom stereocenters. The predicted octanol–water partition coefficient (Wildman–Crippen LogP) is 1.48. The standard InChI is InChI=1S/C12H10F3N3O2/c1-17-10(12(13,14)15)16-18(11(17)20)7-9(19)8-5-3-2-4-6-8/h2-6H,7H2,1H3. The minimum Gasteiger partial charge on any atom is -0.292 e. The van der Waals surface area contributed by atoms with Gasteiger partial charge < -0.3 is 0 Å². The Kier molecular flexibility index (Phi) is 3.47. The number of halogens is 3. The van der Waals surface area contributed by atoms with Crippen LogP contribution in [0.1, 0.15) is 16.2 Å². The van der Waals surface area contributed by atoms with Gasteiger partial charge in [-0.3, -0.25) is 9.36 Å². The zero-order valence-corrected chi connectivity index (χ0v) is 10.4. The molecular formula is C12H10F3N3O2. The second-order valence-electron chi connectivity index (χ2n) is 4.11. The first-order chi connectivity index (χ1) is 9.30. The molecule has 1 aromatic carbocycles. The summed E-state index contributed by atoms with van der Waals surface area (Å²) in [6, 6.07) is 7.97. The van der Waals surface area contributed by atoms with Crippen molar-refractivity contribution in [2.45, 2.75) is 12.7 Å². The summed E-state index contributed by atoms with van der Waals surface area (Å²) in [7, 11) is 0.960. The van der Waals surface area contributed by atoms with Crippen LogP contribution in [0.25, 0.3) is 0 Å². The van der Waals surface area contributed by atoms with Gasteiger partial charge in [-0.2, -0.15) is 13.2 Å². The minimum atomic E-state index is -4.74.